The topological polar surface area (TPSA) is 111 Å². The predicted octanol–water partition coefficient (Wildman–Crippen LogP) is 6.10. The van der Waals surface area contributed by atoms with Gasteiger partial charge in [0.25, 0.3) is 5.91 Å². The molecule has 51 heavy (non-hydrogen) atoms. The number of hydrogen-bond acceptors (Lipinski definition) is 7. The van der Waals surface area contributed by atoms with E-state index in [9.17, 15) is 19.2 Å². The van der Waals surface area contributed by atoms with Gasteiger partial charge in [-0.2, -0.15) is 0 Å². The van der Waals surface area contributed by atoms with Gasteiger partial charge in [0.15, 0.2) is 0 Å². The quantitative estimate of drug-likeness (QED) is 0.183. The minimum absolute atomic E-state index is 0.00941. The summed E-state index contributed by atoms with van der Waals surface area (Å²) in [5, 5.41) is 0. The van der Waals surface area contributed by atoms with Crippen molar-refractivity contribution in [2.24, 2.45) is 4.99 Å². The maximum Gasteiger partial charge on any atom is 0.306 e. The Morgan fingerprint density at radius 1 is 0.922 bits per heavy atom. The minimum atomic E-state index is -0.319. The van der Waals surface area contributed by atoms with Crippen LogP contribution in [0.1, 0.15) is 83.2 Å². The summed E-state index contributed by atoms with van der Waals surface area (Å²) in [7, 11) is 0. The van der Waals surface area contributed by atoms with E-state index in [-0.39, 0.29) is 55.9 Å². The van der Waals surface area contributed by atoms with Crippen LogP contribution < -0.4 is 0 Å². The van der Waals surface area contributed by atoms with Crippen molar-refractivity contribution < 1.29 is 28.7 Å². The van der Waals surface area contributed by atoms with Crippen LogP contribution in [0.2, 0.25) is 0 Å². The van der Waals surface area contributed by atoms with E-state index in [0.717, 1.165) is 68.3 Å². The molecule has 1 unspecified atom stereocenters. The molecule has 10 heteroatoms. The molecule has 0 aliphatic carbocycles. The number of aliphatic imine (C=N–C) groups is 1. The number of esters is 2. The zero-order chi connectivity index (χ0) is 36.4. The largest absolute Gasteiger partial charge is 0.461 e. The fourth-order valence-corrected chi connectivity index (χ4v) is 8.19. The Labute approximate surface area is 300 Å². The van der Waals surface area contributed by atoms with E-state index in [1.807, 2.05) is 36.6 Å². The highest BCUT2D eigenvalue weighted by molar-refractivity contribution is 6.15. The van der Waals surface area contributed by atoms with E-state index in [0.29, 0.717) is 51.7 Å². The lowest BCUT2D eigenvalue weighted by Crippen LogP contribution is -2.37. The van der Waals surface area contributed by atoms with Crippen LogP contribution in [0.25, 0.3) is 6.08 Å². The first kappa shape index (κ1) is 35.8. The Kier molecular flexibility index (Phi) is 10.6. The van der Waals surface area contributed by atoms with Crippen LogP contribution in [-0.2, 0) is 48.0 Å². The molecule has 0 saturated carbocycles. The fraction of sp³-hybridized carbons (Fsp3) is 0.439. The van der Waals surface area contributed by atoms with Gasteiger partial charge in [-0.3, -0.25) is 19.2 Å². The maximum atomic E-state index is 13.3. The molecule has 10 nitrogen and oxygen atoms in total. The summed E-state index contributed by atoms with van der Waals surface area (Å²) < 4.78 is 12.9. The Hall–Kier alpha value is -4.99. The number of carbonyl (C=O) groups is 4. The average Bonchev–Trinajstić information content (AvgIpc) is 3.65. The molecule has 0 saturated heterocycles. The highest BCUT2D eigenvalue weighted by atomic mass is 16.5. The van der Waals surface area contributed by atoms with Crippen LogP contribution in [0, 0.1) is 0 Å². The first-order chi connectivity index (χ1) is 24.6. The normalized spacial score (nSPS) is 20.5. The van der Waals surface area contributed by atoms with Gasteiger partial charge in [0.2, 0.25) is 5.91 Å². The third kappa shape index (κ3) is 6.76. The molecule has 0 spiro atoms. The summed E-state index contributed by atoms with van der Waals surface area (Å²) in [6.07, 6.45) is 11.2. The SMILES string of the molecule is C=CCOC(=O)CCC1=C2CCN3C(=O)C(CC)=C(C)C3=CC2=N/C1=C\c1c(CCC(=O)OCC=C)cc2n1CCN1C(=O)C(C)=C(CC)C1C2. The lowest BCUT2D eigenvalue weighted by molar-refractivity contribution is -0.143. The molecule has 0 bridgehead atoms. The van der Waals surface area contributed by atoms with Crippen LogP contribution in [0.4, 0.5) is 0 Å². The van der Waals surface area contributed by atoms with Gasteiger partial charge in [0.1, 0.15) is 13.2 Å². The van der Waals surface area contributed by atoms with Crippen LogP contribution in [0.3, 0.4) is 0 Å². The molecule has 0 radical (unpaired) electrons. The molecular formula is C41H48N4O6. The first-order valence-corrected chi connectivity index (χ1v) is 18.1. The second kappa shape index (κ2) is 15.1. The second-order valence-electron chi connectivity index (χ2n) is 13.5. The Morgan fingerprint density at radius 3 is 2.29 bits per heavy atom. The van der Waals surface area contributed by atoms with Crippen molar-refractivity contribution in [3.63, 3.8) is 0 Å². The van der Waals surface area contributed by atoms with Gasteiger partial charge in [-0.15, -0.1) is 0 Å². The van der Waals surface area contributed by atoms with Crippen molar-refractivity contribution in [1.29, 1.82) is 0 Å². The highest BCUT2D eigenvalue weighted by Crippen LogP contribution is 2.41. The third-order valence-corrected chi connectivity index (χ3v) is 10.7. The molecule has 2 amide bonds. The number of amides is 2. The van der Waals surface area contributed by atoms with Crippen molar-refractivity contribution in [3.8, 4) is 0 Å². The molecule has 5 aliphatic heterocycles. The number of nitrogens with zero attached hydrogens (tertiary/aromatic N) is 4. The van der Waals surface area contributed by atoms with E-state index in [1.54, 1.807) is 12.2 Å². The van der Waals surface area contributed by atoms with Gasteiger partial charge in [0, 0.05) is 67.1 Å². The van der Waals surface area contributed by atoms with Gasteiger partial charge < -0.3 is 23.8 Å². The number of ether oxygens (including phenoxy) is 2. The fourth-order valence-electron chi connectivity index (χ4n) is 8.19. The van der Waals surface area contributed by atoms with Crippen molar-refractivity contribution in [1.82, 2.24) is 14.4 Å². The number of aryl methyl sites for hydroxylation is 1. The minimum Gasteiger partial charge on any atom is -0.461 e. The van der Waals surface area contributed by atoms with Crippen molar-refractivity contribution in [3.05, 3.63) is 99.2 Å². The van der Waals surface area contributed by atoms with Crippen LogP contribution in [-0.4, -0.2) is 76.2 Å². The molecule has 1 aromatic heterocycles. The van der Waals surface area contributed by atoms with Crippen molar-refractivity contribution in [2.75, 3.05) is 26.3 Å². The number of hydrogen-bond donors (Lipinski definition) is 0. The summed E-state index contributed by atoms with van der Waals surface area (Å²) >= 11 is 0. The lowest BCUT2D eigenvalue weighted by Gasteiger charge is -2.24. The molecule has 1 aromatic rings. The first-order valence-electron chi connectivity index (χ1n) is 18.1. The molecule has 0 fully saturated rings. The van der Waals surface area contributed by atoms with Crippen molar-refractivity contribution >= 4 is 35.5 Å². The molecule has 6 heterocycles. The van der Waals surface area contributed by atoms with Gasteiger partial charge in [-0.25, -0.2) is 4.99 Å². The number of fused-ring (bicyclic) bond motifs is 4. The van der Waals surface area contributed by atoms with E-state index in [2.05, 4.69) is 36.8 Å². The third-order valence-electron chi connectivity index (χ3n) is 10.7. The predicted molar refractivity (Wildman–Crippen MR) is 196 cm³/mol. The van der Waals surface area contributed by atoms with Crippen LogP contribution >= 0.6 is 0 Å². The van der Waals surface area contributed by atoms with Gasteiger partial charge in [-0.05, 0) is 92.0 Å². The molecule has 0 N–H and O–H groups in total. The number of allylic oxidation sites excluding steroid dienone is 3. The zero-order valence-electron chi connectivity index (χ0n) is 30.3. The van der Waals surface area contributed by atoms with Gasteiger partial charge in [-0.1, -0.05) is 39.2 Å². The second-order valence-corrected chi connectivity index (χ2v) is 13.5. The summed E-state index contributed by atoms with van der Waals surface area (Å²) in [5.74, 6) is -0.459. The van der Waals surface area contributed by atoms with E-state index in [4.69, 9.17) is 14.5 Å². The van der Waals surface area contributed by atoms with E-state index < -0.39 is 0 Å². The number of rotatable bonds is 13. The molecule has 1 atom stereocenters. The molecule has 268 valence electrons. The number of carbonyl (C=O) groups excluding carboxylic acids is 4. The van der Waals surface area contributed by atoms with Gasteiger partial charge >= 0.3 is 11.9 Å². The van der Waals surface area contributed by atoms with Crippen LogP contribution in [0.15, 0.2) is 87.3 Å². The highest BCUT2D eigenvalue weighted by Gasteiger charge is 2.39. The monoisotopic (exact) mass is 692 g/mol. The average molecular weight is 693 g/mol. The van der Waals surface area contributed by atoms with Crippen LogP contribution in [0.5, 0.6) is 0 Å². The standard InChI is InChI=1S/C41H48N4O6/c1-7-19-50-38(46)13-11-27-21-28-22-37-29(9-3)26(6)40(48)45(37)18-17-43(28)36(27)24-34-31(12-14-39(47)51-20-8-2)32-15-16-44-35(23-33(32)42-34)25(5)30(10-4)41(44)49/h7-8,21,23-24,37H,1-2,9-20,22H2,3-6H3/b34-24-. The van der Waals surface area contributed by atoms with Gasteiger partial charge in [0.05, 0.1) is 17.5 Å². The molecule has 6 rings (SSSR count). The summed E-state index contributed by atoms with van der Waals surface area (Å²) in [4.78, 5) is 61.0. The van der Waals surface area contributed by atoms with E-state index in [1.165, 1.54) is 5.57 Å². The molecule has 0 aromatic carbocycles. The summed E-state index contributed by atoms with van der Waals surface area (Å²) in [6.45, 7) is 17.3. The zero-order valence-corrected chi connectivity index (χ0v) is 30.3. The lowest BCUT2D eigenvalue weighted by atomic mass is 9.96. The Bertz CT molecular complexity index is 1900. The Morgan fingerprint density at radius 2 is 1.63 bits per heavy atom. The number of aromatic nitrogens is 1. The molecule has 5 aliphatic rings. The summed E-state index contributed by atoms with van der Waals surface area (Å²) in [6, 6.07) is 2.18. The molecular weight excluding hydrogens is 644 g/mol. The maximum absolute atomic E-state index is 13.3. The van der Waals surface area contributed by atoms with E-state index >= 15 is 0 Å². The Balaban J connectivity index is 1.44. The van der Waals surface area contributed by atoms with Crippen molar-refractivity contribution in [2.45, 2.75) is 91.6 Å². The smallest absolute Gasteiger partial charge is 0.306 e. The summed E-state index contributed by atoms with van der Waals surface area (Å²) in [5.41, 5.74) is 11.3.